The Bertz CT molecular complexity index is 691. The van der Waals surface area contributed by atoms with Gasteiger partial charge in [0.05, 0.1) is 5.92 Å². The lowest BCUT2D eigenvalue weighted by atomic mass is 9.88. The van der Waals surface area contributed by atoms with Crippen molar-refractivity contribution in [1.82, 2.24) is 10.2 Å². The monoisotopic (exact) mass is 358 g/mol. The van der Waals surface area contributed by atoms with Crippen molar-refractivity contribution in [1.29, 1.82) is 0 Å². The zero-order valence-electron chi connectivity index (χ0n) is 14.9. The van der Waals surface area contributed by atoms with Gasteiger partial charge in [-0.1, -0.05) is 18.2 Å². The first-order chi connectivity index (χ1) is 12.6. The van der Waals surface area contributed by atoms with Crippen LogP contribution in [0.3, 0.4) is 0 Å². The number of piperidine rings is 1. The van der Waals surface area contributed by atoms with Crippen LogP contribution in [0.4, 0.5) is 5.69 Å². The quantitative estimate of drug-likeness (QED) is 0.729. The molecule has 0 aliphatic carbocycles. The molecule has 0 aromatic heterocycles. The van der Waals surface area contributed by atoms with Crippen molar-refractivity contribution in [3.05, 3.63) is 29.8 Å². The molecule has 4 N–H and O–H groups in total. The number of fused-ring (bicyclic) bond motifs is 1. The fourth-order valence-electron chi connectivity index (χ4n) is 3.79. The second kappa shape index (κ2) is 8.31. The number of nitrogens with two attached hydrogens (primary N) is 1. The molecule has 1 fully saturated rings. The molecule has 0 saturated carbocycles. The molecule has 2 aliphatic rings. The number of hydrogen-bond donors (Lipinski definition) is 3. The first-order valence-electron chi connectivity index (χ1n) is 9.26. The number of likely N-dealkylation sites (tertiary alicyclic amines) is 1. The number of carbonyl (C=O) groups is 3. The van der Waals surface area contributed by atoms with E-state index >= 15 is 0 Å². The predicted octanol–water partition coefficient (Wildman–Crippen LogP) is 0.959. The van der Waals surface area contributed by atoms with Crippen molar-refractivity contribution >= 4 is 23.4 Å². The van der Waals surface area contributed by atoms with Gasteiger partial charge >= 0.3 is 0 Å². The molecule has 1 aromatic carbocycles. The Kier molecular flexibility index (Phi) is 5.88. The molecule has 2 heterocycles. The summed E-state index contributed by atoms with van der Waals surface area (Å²) < 4.78 is 0. The highest BCUT2D eigenvalue weighted by Crippen LogP contribution is 2.34. The van der Waals surface area contributed by atoms with Gasteiger partial charge in [0.2, 0.25) is 17.7 Å². The summed E-state index contributed by atoms with van der Waals surface area (Å²) in [5, 5.41) is 5.71. The average Bonchev–Trinajstić information content (AvgIpc) is 2.65. The molecule has 1 saturated heterocycles. The molecular weight excluding hydrogens is 332 g/mol. The Hall–Kier alpha value is -2.41. The third kappa shape index (κ3) is 4.04. The van der Waals surface area contributed by atoms with E-state index in [0.29, 0.717) is 25.3 Å². The van der Waals surface area contributed by atoms with Gasteiger partial charge in [0.25, 0.3) is 0 Å². The molecule has 7 heteroatoms. The lowest BCUT2D eigenvalue weighted by Gasteiger charge is -2.39. The SMILES string of the molecule is NCCC(=O)NCC1CCCCN1C(=O)C1CC(=O)Nc2ccccc21. The summed E-state index contributed by atoms with van der Waals surface area (Å²) in [6.45, 7) is 1.41. The minimum atomic E-state index is -0.458. The Morgan fingerprint density at radius 1 is 1.27 bits per heavy atom. The predicted molar refractivity (Wildman–Crippen MR) is 98.5 cm³/mol. The van der Waals surface area contributed by atoms with Crippen LogP contribution in [0.2, 0.25) is 0 Å². The first kappa shape index (κ1) is 18.4. The second-order valence-corrected chi connectivity index (χ2v) is 6.92. The van der Waals surface area contributed by atoms with E-state index in [4.69, 9.17) is 5.73 Å². The smallest absolute Gasteiger partial charge is 0.231 e. The van der Waals surface area contributed by atoms with Crippen LogP contribution in [0.25, 0.3) is 0 Å². The van der Waals surface area contributed by atoms with Crippen molar-refractivity contribution in [2.24, 2.45) is 5.73 Å². The lowest BCUT2D eigenvalue weighted by Crippen LogP contribution is -2.51. The highest BCUT2D eigenvalue weighted by molar-refractivity contribution is 6.01. The maximum Gasteiger partial charge on any atom is 0.231 e. The number of amides is 3. The number of carbonyl (C=O) groups excluding carboxylic acids is 3. The largest absolute Gasteiger partial charge is 0.354 e. The maximum absolute atomic E-state index is 13.3. The molecule has 0 bridgehead atoms. The van der Waals surface area contributed by atoms with E-state index < -0.39 is 5.92 Å². The van der Waals surface area contributed by atoms with Gasteiger partial charge < -0.3 is 21.3 Å². The van der Waals surface area contributed by atoms with Crippen LogP contribution in [-0.2, 0) is 14.4 Å². The number of para-hydroxylation sites is 1. The minimum absolute atomic E-state index is 0.0231. The van der Waals surface area contributed by atoms with Gasteiger partial charge in [-0.05, 0) is 30.9 Å². The van der Waals surface area contributed by atoms with Crippen molar-refractivity contribution in [2.75, 3.05) is 25.0 Å². The minimum Gasteiger partial charge on any atom is -0.354 e. The fraction of sp³-hybridized carbons (Fsp3) is 0.526. The van der Waals surface area contributed by atoms with Gasteiger partial charge in [0.1, 0.15) is 0 Å². The third-order valence-corrected chi connectivity index (χ3v) is 5.11. The molecule has 3 amide bonds. The van der Waals surface area contributed by atoms with Crippen LogP contribution >= 0.6 is 0 Å². The van der Waals surface area contributed by atoms with Gasteiger partial charge in [-0.2, -0.15) is 0 Å². The van der Waals surface area contributed by atoms with E-state index in [-0.39, 0.29) is 36.6 Å². The number of rotatable bonds is 5. The van der Waals surface area contributed by atoms with Gasteiger partial charge in [0, 0.05) is 44.2 Å². The summed E-state index contributed by atoms with van der Waals surface area (Å²) in [6, 6.07) is 7.43. The number of nitrogens with one attached hydrogen (secondary N) is 2. The van der Waals surface area contributed by atoms with E-state index in [1.807, 2.05) is 29.2 Å². The number of hydrogen-bond acceptors (Lipinski definition) is 4. The molecule has 7 nitrogen and oxygen atoms in total. The standard InChI is InChI=1S/C19H26N4O3/c20-9-8-17(24)21-12-13-5-3-4-10-23(13)19(26)15-11-18(25)22-16-7-2-1-6-14(15)16/h1-2,6-7,13,15H,3-5,8-12,20H2,(H,21,24)(H,22,25). The molecule has 0 spiro atoms. The van der Waals surface area contributed by atoms with Crippen molar-refractivity contribution in [2.45, 2.75) is 44.1 Å². The molecule has 3 rings (SSSR count). The van der Waals surface area contributed by atoms with Gasteiger partial charge in [-0.25, -0.2) is 0 Å². The maximum atomic E-state index is 13.3. The van der Waals surface area contributed by atoms with Crippen LogP contribution < -0.4 is 16.4 Å². The first-order valence-corrected chi connectivity index (χ1v) is 9.26. The highest BCUT2D eigenvalue weighted by Gasteiger charge is 2.36. The van der Waals surface area contributed by atoms with Crippen LogP contribution in [-0.4, -0.2) is 48.3 Å². The van der Waals surface area contributed by atoms with Gasteiger partial charge in [-0.15, -0.1) is 0 Å². The van der Waals surface area contributed by atoms with Crippen molar-refractivity contribution in [3.8, 4) is 0 Å². The summed E-state index contributed by atoms with van der Waals surface area (Å²) in [7, 11) is 0. The van der Waals surface area contributed by atoms with E-state index in [9.17, 15) is 14.4 Å². The lowest BCUT2D eigenvalue weighted by molar-refractivity contribution is -0.138. The molecule has 2 aliphatic heterocycles. The third-order valence-electron chi connectivity index (χ3n) is 5.11. The Labute approximate surface area is 153 Å². The Morgan fingerprint density at radius 2 is 2.08 bits per heavy atom. The van der Waals surface area contributed by atoms with E-state index in [1.54, 1.807) is 0 Å². The van der Waals surface area contributed by atoms with Crippen molar-refractivity contribution in [3.63, 3.8) is 0 Å². The molecule has 140 valence electrons. The van der Waals surface area contributed by atoms with Crippen molar-refractivity contribution < 1.29 is 14.4 Å². The Morgan fingerprint density at radius 3 is 2.88 bits per heavy atom. The highest BCUT2D eigenvalue weighted by atomic mass is 16.2. The van der Waals surface area contributed by atoms with Crippen LogP contribution in [0.1, 0.15) is 43.6 Å². The van der Waals surface area contributed by atoms with E-state index in [0.717, 1.165) is 24.8 Å². The summed E-state index contributed by atoms with van der Waals surface area (Å²) in [5.74, 6) is -0.704. The summed E-state index contributed by atoms with van der Waals surface area (Å²) >= 11 is 0. The molecule has 26 heavy (non-hydrogen) atoms. The summed E-state index contributed by atoms with van der Waals surface area (Å²) in [6.07, 6.45) is 3.28. The summed E-state index contributed by atoms with van der Waals surface area (Å²) in [4.78, 5) is 38.9. The van der Waals surface area contributed by atoms with Gasteiger partial charge in [0.15, 0.2) is 0 Å². The number of benzene rings is 1. The topological polar surface area (TPSA) is 105 Å². The summed E-state index contributed by atoms with van der Waals surface area (Å²) in [5.41, 5.74) is 6.99. The second-order valence-electron chi connectivity index (χ2n) is 6.92. The number of anilines is 1. The zero-order valence-corrected chi connectivity index (χ0v) is 14.9. The molecule has 2 unspecified atom stereocenters. The van der Waals surface area contributed by atoms with Crippen LogP contribution in [0, 0.1) is 0 Å². The van der Waals surface area contributed by atoms with Crippen LogP contribution in [0.5, 0.6) is 0 Å². The van der Waals surface area contributed by atoms with Crippen LogP contribution in [0.15, 0.2) is 24.3 Å². The molecule has 0 radical (unpaired) electrons. The zero-order chi connectivity index (χ0) is 18.5. The fourth-order valence-corrected chi connectivity index (χ4v) is 3.79. The number of nitrogens with zero attached hydrogens (tertiary/aromatic N) is 1. The normalized spacial score (nSPS) is 22.3. The van der Waals surface area contributed by atoms with E-state index in [2.05, 4.69) is 10.6 Å². The Balaban J connectivity index is 1.74. The molecule has 2 atom stereocenters. The molecular formula is C19H26N4O3. The van der Waals surface area contributed by atoms with E-state index in [1.165, 1.54) is 0 Å². The van der Waals surface area contributed by atoms with Gasteiger partial charge in [-0.3, -0.25) is 14.4 Å². The average molecular weight is 358 g/mol. The molecule has 1 aromatic rings.